The van der Waals surface area contributed by atoms with Gasteiger partial charge in [-0.2, -0.15) is 0 Å². The van der Waals surface area contributed by atoms with Crippen molar-refractivity contribution in [1.29, 1.82) is 0 Å². The van der Waals surface area contributed by atoms with Gasteiger partial charge in [0, 0.05) is 31.7 Å². The monoisotopic (exact) mass is 318 g/mol. The summed E-state index contributed by atoms with van der Waals surface area (Å²) in [5.74, 6) is -0.416. The second kappa shape index (κ2) is 9.93. The SMILES string of the molecule is CC=NCC=N[C@H](NC(=O)Nc1cccc(NC)c1)C(=O)NC. The third-order valence-electron chi connectivity index (χ3n) is 2.80. The van der Waals surface area contributed by atoms with Crippen LogP contribution in [-0.2, 0) is 4.79 Å². The Morgan fingerprint density at radius 1 is 1.26 bits per heavy atom. The summed E-state index contributed by atoms with van der Waals surface area (Å²) in [4.78, 5) is 31.7. The molecular formula is C15H22N6O2. The zero-order valence-electron chi connectivity index (χ0n) is 13.5. The van der Waals surface area contributed by atoms with Gasteiger partial charge in [-0.3, -0.25) is 14.8 Å². The molecule has 3 amide bonds. The number of anilines is 2. The molecule has 23 heavy (non-hydrogen) atoms. The van der Waals surface area contributed by atoms with Crippen molar-refractivity contribution in [3.05, 3.63) is 24.3 Å². The van der Waals surface area contributed by atoms with Crippen molar-refractivity contribution in [1.82, 2.24) is 10.6 Å². The van der Waals surface area contributed by atoms with Gasteiger partial charge in [0.15, 0.2) is 0 Å². The average molecular weight is 318 g/mol. The lowest BCUT2D eigenvalue weighted by atomic mass is 10.3. The number of carbonyl (C=O) groups excluding carboxylic acids is 2. The van der Waals surface area contributed by atoms with E-state index in [1.165, 1.54) is 13.3 Å². The third kappa shape index (κ3) is 6.60. The van der Waals surface area contributed by atoms with Crippen LogP contribution in [0.15, 0.2) is 34.3 Å². The fourth-order valence-electron chi connectivity index (χ4n) is 1.66. The number of amides is 3. The Labute approximate surface area is 135 Å². The number of nitrogens with one attached hydrogen (secondary N) is 4. The summed E-state index contributed by atoms with van der Waals surface area (Å²) < 4.78 is 0. The summed E-state index contributed by atoms with van der Waals surface area (Å²) in [5.41, 5.74) is 1.46. The van der Waals surface area contributed by atoms with Gasteiger partial charge in [-0.15, -0.1) is 0 Å². The number of benzene rings is 1. The lowest BCUT2D eigenvalue weighted by molar-refractivity contribution is -0.122. The fourth-order valence-corrected chi connectivity index (χ4v) is 1.66. The Morgan fingerprint density at radius 2 is 2.00 bits per heavy atom. The van der Waals surface area contributed by atoms with Crippen LogP contribution in [0.2, 0.25) is 0 Å². The minimum Gasteiger partial charge on any atom is -0.388 e. The predicted octanol–water partition coefficient (Wildman–Crippen LogP) is 1.08. The molecule has 1 aromatic rings. The molecule has 1 aromatic carbocycles. The molecule has 0 bridgehead atoms. The standard InChI is InChI=1S/C15H22N6O2/c1-4-18-8-9-19-13(14(22)17-3)21-15(23)20-12-7-5-6-11(10-12)16-2/h4-7,9-10,13,16H,8H2,1-3H3,(H,17,22)(H2,20,21,23)/t13-/m1/s1. The highest BCUT2D eigenvalue weighted by Crippen LogP contribution is 2.14. The van der Waals surface area contributed by atoms with Crippen LogP contribution in [0.3, 0.4) is 0 Å². The van der Waals surface area contributed by atoms with Gasteiger partial charge >= 0.3 is 6.03 Å². The van der Waals surface area contributed by atoms with E-state index in [9.17, 15) is 9.59 Å². The lowest BCUT2D eigenvalue weighted by Gasteiger charge is -2.14. The van der Waals surface area contributed by atoms with Crippen LogP contribution in [-0.4, -0.2) is 51.2 Å². The minimum atomic E-state index is -1.01. The summed E-state index contributed by atoms with van der Waals surface area (Å²) in [6, 6.07) is 6.67. The third-order valence-corrected chi connectivity index (χ3v) is 2.80. The predicted molar refractivity (Wildman–Crippen MR) is 93.5 cm³/mol. The molecule has 8 heteroatoms. The highest BCUT2D eigenvalue weighted by atomic mass is 16.2. The molecule has 0 aromatic heterocycles. The van der Waals surface area contributed by atoms with E-state index < -0.39 is 18.1 Å². The normalized spacial score (nSPS) is 12.1. The summed E-state index contributed by atoms with van der Waals surface area (Å²) in [6.45, 7) is 2.13. The minimum absolute atomic E-state index is 0.345. The maximum absolute atomic E-state index is 12.0. The molecular weight excluding hydrogens is 296 g/mol. The van der Waals surface area contributed by atoms with E-state index >= 15 is 0 Å². The van der Waals surface area contributed by atoms with Crippen LogP contribution >= 0.6 is 0 Å². The van der Waals surface area contributed by atoms with Gasteiger partial charge in [0.2, 0.25) is 6.17 Å². The molecule has 0 radical (unpaired) electrons. The average Bonchev–Trinajstić information content (AvgIpc) is 2.57. The van der Waals surface area contributed by atoms with E-state index in [2.05, 4.69) is 31.3 Å². The van der Waals surface area contributed by atoms with Crippen molar-refractivity contribution >= 4 is 35.7 Å². The first-order valence-corrected chi connectivity index (χ1v) is 7.13. The summed E-state index contributed by atoms with van der Waals surface area (Å²) in [6.07, 6.45) is 2.09. The van der Waals surface area contributed by atoms with E-state index in [0.29, 0.717) is 12.2 Å². The van der Waals surface area contributed by atoms with E-state index in [4.69, 9.17) is 0 Å². The first-order chi connectivity index (χ1) is 11.1. The topological polar surface area (TPSA) is 107 Å². The number of carbonyl (C=O) groups is 2. The Bertz CT molecular complexity index is 585. The lowest BCUT2D eigenvalue weighted by Crippen LogP contribution is -2.46. The number of hydrogen-bond acceptors (Lipinski definition) is 5. The summed E-state index contributed by atoms with van der Waals surface area (Å²) in [7, 11) is 3.26. The molecule has 0 fully saturated rings. The molecule has 0 aliphatic carbocycles. The van der Waals surface area contributed by atoms with Crippen LogP contribution in [0.5, 0.6) is 0 Å². The molecule has 124 valence electrons. The van der Waals surface area contributed by atoms with Gasteiger partial charge in [0.05, 0.1) is 6.54 Å². The number of nitrogens with zero attached hydrogens (tertiary/aromatic N) is 2. The molecule has 0 aliphatic heterocycles. The molecule has 1 rings (SSSR count). The highest BCUT2D eigenvalue weighted by Gasteiger charge is 2.17. The number of rotatable bonds is 7. The maximum Gasteiger partial charge on any atom is 0.321 e. The molecule has 0 unspecified atom stereocenters. The number of aliphatic imine (C=N–C) groups is 2. The van der Waals surface area contributed by atoms with Crippen molar-refractivity contribution in [3.8, 4) is 0 Å². The number of urea groups is 1. The Kier molecular flexibility index (Phi) is 7.84. The van der Waals surface area contributed by atoms with Gasteiger partial charge in [0.1, 0.15) is 0 Å². The van der Waals surface area contributed by atoms with Crippen LogP contribution < -0.4 is 21.3 Å². The van der Waals surface area contributed by atoms with Crippen LogP contribution in [0, 0.1) is 0 Å². The fraction of sp³-hybridized carbons (Fsp3) is 0.333. The van der Waals surface area contributed by atoms with Crippen LogP contribution in [0.4, 0.5) is 16.2 Å². The molecule has 0 saturated heterocycles. The maximum atomic E-state index is 12.0. The van der Waals surface area contributed by atoms with Gasteiger partial charge in [-0.1, -0.05) is 6.07 Å². The van der Waals surface area contributed by atoms with E-state index in [1.807, 2.05) is 6.07 Å². The molecule has 0 heterocycles. The Balaban J connectivity index is 2.68. The molecule has 0 spiro atoms. The number of likely N-dealkylation sites (N-methyl/N-ethyl adjacent to an activating group) is 1. The quantitative estimate of drug-likeness (QED) is 0.565. The first-order valence-electron chi connectivity index (χ1n) is 7.13. The number of hydrogen-bond donors (Lipinski definition) is 4. The molecule has 1 atom stereocenters. The summed E-state index contributed by atoms with van der Waals surface area (Å²) >= 11 is 0. The second-order valence-corrected chi connectivity index (χ2v) is 4.40. The first kappa shape index (κ1) is 18.1. The Morgan fingerprint density at radius 3 is 2.65 bits per heavy atom. The van der Waals surface area contributed by atoms with Crippen molar-refractivity contribution < 1.29 is 9.59 Å². The van der Waals surface area contributed by atoms with Crippen molar-refractivity contribution in [2.24, 2.45) is 9.98 Å². The smallest absolute Gasteiger partial charge is 0.321 e. The molecule has 8 nitrogen and oxygen atoms in total. The van der Waals surface area contributed by atoms with Gasteiger partial charge in [-0.25, -0.2) is 4.79 Å². The van der Waals surface area contributed by atoms with Crippen molar-refractivity contribution in [2.45, 2.75) is 13.1 Å². The Hall–Kier alpha value is -2.90. The van der Waals surface area contributed by atoms with Gasteiger partial charge < -0.3 is 21.3 Å². The largest absolute Gasteiger partial charge is 0.388 e. The van der Waals surface area contributed by atoms with Crippen molar-refractivity contribution in [2.75, 3.05) is 31.3 Å². The van der Waals surface area contributed by atoms with Crippen LogP contribution in [0.25, 0.3) is 0 Å². The van der Waals surface area contributed by atoms with Gasteiger partial charge in [-0.05, 0) is 31.3 Å². The van der Waals surface area contributed by atoms with E-state index in [-0.39, 0.29) is 0 Å². The van der Waals surface area contributed by atoms with E-state index in [0.717, 1.165) is 5.69 Å². The van der Waals surface area contributed by atoms with Crippen molar-refractivity contribution in [3.63, 3.8) is 0 Å². The molecule has 4 N–H and O–H groups in total. The van der Waals surface area contributed by atoms with Crippen LogP contribution in [0.1, 0.15) is 6.92 Å². The highest BCUT2D eigenvalue weighted by molar-refractivity contribution is 5.94. The zero-order valence-corrected chi connectivity index (χ0v) is 13.5. The zero-order chi connectivity index (χ0) is 17.1. The molecule has 0 aliphatic rings. The van der Waals surface area contributed by atoms with E-state index in [1.54, 1.807) is 38.4 Å². The summed E-state index contributed by atoms with van der Waals surface area (Å²) in [5, 5.41) is 10.6. The molecule has 0 saturated carbocycles. The van der Waals surface area contributed by atoms with Gasteiger partial charge in [0.25, 0.3) is 5.91 Å². The second-order valence-electron chi connectivity index (χ2n) is 4.40.